The fraction of sp³-hybridized carbons (Fsp3) is 0.526. The molecular weight excluding hydrogens is 320 g/mol. The minimum absolute atomic E-state index is 0. The molecule has 0 bridgehead atoms. The highest BCUT2D eigenvalue weighted by Gasteiger charge is 2.40. The summed E-state index contributed by atoms with van der Waals surface area (Å²) in [6.07, 6.45) is 6.77. The van der Waals surface area contributed by atoms with Gasteiger partial charge in [0.15, 0.2) is 0 Å². The average molecular weight is 347 g/mol. The van der Waals surface area contributed by atoms with Gasteiger partial charge in [-0.05, 0) is 49.4 Å². The van der Waals surface area contributed by atoms with Crippen molar-refractivity contribution in [3.63, 3.8) is 0 Å². The van der Waals surface area contributed by atoms with Crippen molar-refractivity contribution < 1.29 is 0 Å². The highest BCUT2D eigenvalue weighted by molar-refractivity contribution is 5.85. The van der Waals surface area contributed by atoms with Crippen LogP contribution in [0.3, 0.4) is 0 Å². The van der Waals surface area contributed by atoms with E-state index in [0.717, 1.165) is 6.54 Å². The van der Waals surface area contributed by atoms with Crippen LogP contribution in [0.15, 0.2) is 30.6 Å². The van der Waals surface area contributed by atoms with Gasteiger partial charge in [0, 0.05) is 38.4 Å². The Balaban J connectivity index is 0.00000169. The number of nitrogens with one attached hydrogen (secondary N) is 1. The van der Waals surface area contributed by atoms with Gasteiger partial charge in [-0.3, -0.25) is 9.58 Å². The maximum absolute atomic E-state index is 4.35. The highest BCUT2D eigenvalue weighted by Crippen LogP contribution is 2.37. The fourth-order valence-electron chi connectivity index (χ4n) is 4.20. The molecule has 1 spiro atoms. The van der Waals surface area contributed by atoms with Gasteiger partial charge in [0.05, 0.1) is 6.20 Å². The predicted molar refractivity (Wildman–Crippen MR) is 100 cm³/mol. The molecule has 2 saturated heterocycles. The molecule has 2 aliphatic rings. The summed E-state index contributed by atoms with van der Waals surface area (Å²) in [5.41, 5.74) is 5.84. The molecule has 0 aliphatic carbocycles. The minimum Gasteiger partial charge on any atom is -0.316 e. The van der Waals surface area contributed by atoms with E-state index in [2.05, 4.69) is 46.6 Å². The highest BCUT2D eigenvalue weighted by atomic mass is 35.5. The SMILES string of the molecule is Cc1ccc(CN2CCC3(CCNC3)C2)c(-c2cnn(C)c2)c1.Cl. The van der Waals surface area contributed by atoms with E-state index in [9.17, 15) is 0 Å². The first-order chi connectivity index (χ1) is 11.1. The summed E-state index contributed by atoms with van der Waals surface area (Å²) < 4.78 is 1.89. The zero-order chi connectivity index (χ0) is 15.9. The summed E-state index contributed by atoms with van der Waals surface area (Å²) >= 11 is 0. The van der Waals surface area contributed by atoms with E-state index in [4.69, 9.17) is 0 Å². The fourth-order valence-corrected chi connectivity index (χ4v) is 4.20. The van der Waals surface area contributed by atoms with E-state index in [1.807, 2.05) is 17.9 Å². The Bertz CT molecular complexity index is 703. The molecule has 1 N–H and O–H groups in total. The monoisotopic (exact) mass is 346 g/mol. The van der Waals surface area contributed by atoms with Gasteiger partial charge in [0.25, 0.3) is 0 Å². The largest absolute Gasteiger partial charge is 0.316 e. The number of hydrogen-bond acceptors (Lipinski definition) is 3. The molecule has 4 nitrogen and oxygen atoms in total. The molecule has 1 aromatic heterocycles. The van der Waals surface area contributed by atoms with E-state index in [-0.39, 0.29) is 12.4 Å². The molecule has 2 aliphatic heterocycles. The molecule has 0 radical (unpaired) electrons. The normalized spacial score (nSPS) is 23.8. The van der Waals surface area contributed by atoms with Crippen LogP contribution in [-0.2, 0) is 13.6 Å². The zero-order valence-corrected chi connectivity index (χ0v) is 15.4. The number of aryl methyl sites for hydroxylation is 2. The van der Waals surface area contributed by atoms with Crippen molar-refractivity contribution in [1.82, 2.24) is 20.0 Å². The van der Waals surface area contributed by atoms with E-state index < -0.39 is 0 Å². The molecule has 130 valence electrons. The predicted octanol–water partition coefficient (Wildman–Crippen LogP) is 3.00. The number of halogens is 1. The Labute approximate surface area is 150 Å². The number of likely N-dealkylation sites (tertiary alicyclic amines) is 1. The van der Waals surface area contributed by atoms with Gasteiger partial charge >= 0.3 is 0 Å². The maximum Gasteiger partial charge on any atom is 0.0568 e. The van der Waals surface area contributed by atoms with Gasteiger partial charge in [-0.25, -0.2) is 0 Å². The molecular formula is C19H27ClN4. The maximum atomic E-state index is 4.35. The standard InChI is InChI=1S/C19H26N4.ClH/c1-15-3-4-16(18(9-15)17-10-21-22(2)11-17)12-23-8-6-19(14-23)5-7-20-13-19;/h3-4,9-11,20H,5-8,12-14H2,1-2H3;1H. The second kappa shape index (κ2) is 6.87. The van der Waals surface area contributed by atoms with Crippen LogP contribution in [0.25, 0.3) is 11.1 Å². The molecule has 24 heavy (non-hydrogen) atoms. The van der Waals surface area contributed by atoms with Crippen molar-refractivity contribution in [2.45, 2.75) is 26.3 Å². The molecule has 1 atom stereocenters. The van der Waals surface area contributed by atoms with E-state index in [0.29, 0.717) is 5.41 Å². The first kappa shape index (κ1) is 17.5. The lowest BCUT2D eigenvalue weighted by atomic mass is 9.86. The van der Waals surface area contributed by atoms with Crippen LogP contribution in [0.4, 0.5) is 0 Å². The Morgan fingerprint density at radius 1 is 1.29 bits per heavy atom. The summed E-state index contributed by atoms with van der Waals surface area (Å²) in [6, 6.07) is 6.84. The topological polar surface area (TPSA) is 33.1 Å². The lowest BCUT2D eigenvalue weighted by Crippen LogP contribution is -2.29. The van der Waals surface area contributed by atoms with Gasteiger partial charge in [-0.15, -0.1) is 12.4 Å². The summed E-state index contributed by atoms with van der Waals surface area (Å²) in [7, 11) is 1.98. The van der Waals surface area contributed by atoms with Gasteiger partial charge in [0.2, 0.25) is 0 Å². The zero-order valence-electron chi connectivity index (χ0n) is 14.6. The lowest BCUT2D eigenvalue weighted by Gasteiger charge is -2.23. The number of aromatic nitrogens is 2. The average Bonchev–Trinajstić information content (AvgIpc) is 3.25. The second-order valence-corrected chi connectivity index (χ2v) is 7.45. The van der Waals surface area contributed by atoms with Crippen molar-refractivity contribution in [3.8, 4) is 11.1 Å². The minimum atomic E-state index is 0. The molecule has 2 aromatic rings. The Hall–Kier alpha value is -1.36. The van der Waals surface area contributed by atoms with Gasteiger partial charge in [-0.1, -0.05) is 23.8 Å². The number of hydrogen-bond donors (Lipinski definition) is 1. The Morgan fingerprint density at radius 3 is 2.88 bits per heavy atom. The van der Waals surface area contributed by atoms with Crippen LogP contribution in [0.5, 0.6) is 0 Å². The Morgan fingerprint density at radius 2 is 2.17 bits per heavy atom. The molecule has 1 unspecified atom stereocenters. The van der Waals surface area contributed by atoms with Crippen LogP contribution in [0.2, 0.25) is 0 Å². The van der Waals surface area contributed by atoms with Gasteiger partial charge in [-0.2, -0.15) is 5.10 Å². The first-order valence-electron chi connectivity index (χ1n) is 8.65. The molecule has 2 fully saturated rings. The van der Waals surface area contributed by atoms with Crippen LogP contribution in [0, 0.1) is 12.3 Å². The van der Waals surface area contributed by atoms with Crippen molar-refractivity contribution >= 4 is 12.4 Å². The van der Waals surface area contributed by atoms with Crippen molar-refractivity contribution in [3.05, 3.63) is 41.7 Å². The quantitative estimate of drug-likeness (QED) is 0.927. The second-order valence-electron chi connectivity index (χ2n) is 7.45. The molecule has 4 rings (SSSR count). The molecule has 0 saturated carbocycles. The molecule has 5 heteroatoms. The third-order valence-electron chi connectivity index (χ3n) is 5.52. The van der Waals surface area contributed by atoms with Crippen molar-refractivity contribution in [2.24, 2.45) is 12.5 Å². The van der Waals surface area contributed by atoms with Gasteiger partial charge < -0.3 is 5.32 Å². The summed E-state index contributed by atoms with van der Waals surface area (Å²) in [6.45, 7) is 8.07. The van der Waals surface area contributed by atoms with Crippen LogP contribution >= 0.6 is 12.4 Å². The van der Waals surface area contributed by atoms with Crippen LogP contribution in [0.1, 0.15) is 24.0 Å². The van der Waals surface area contributed by atoms with Crippen molar-refractivity contribution in [1.29, 1.82) is 0 Å². The molecule has 1 aromatic carbocycles. The third-order valence-corrected chi connectivity index (χ3v) is 5.52. The lowest BCUT2D eigenvalue weighted by molar-refractivity contribution is 0.269. The Kier molecular flexibility index (Phi) is 5.00. The van der Waals surface area contributed by atoms with E-state index in [1.54, 1.807) is 0 Å². The summed E-state index contributed by atoms with van der Waals surface area (Å²) in [4.78, 5) is 2.64. The summed E-state index contributed by atoms with van der Waals surface area (Å²) in [5, 5.41) is 7.90. The van der Waals surface area contributed by atoms with Crippen molar-refractivity contribution in [2.75, 3.05) is 26.2 Å². The third kappa shape index (κ3) is 3.37. The molecule has 0 amide bonds. The smallest absolute Gasteiger partial charge is 0.0568 e. The number of nitrogens with zero attached hydrogens (tertiary/aromatic N) is 3. The first-order valence-corrected chi connectivity index (χ1v) is 8.65. The number of benzene rings is 1. The number of rotatable bonds is 3. The van der Waals surface area contributed by atoms with E-state index >= 15 is 0 Å². The molecule has 3 heterocycles. The van der Waals surface area contributed by atoms with Gasteiger partial charge in [0.1, 0.15) is 0 Å². The summed E-state index contributed by atoms with van der Waals surface area (Å²) in [5.74, 6) is 0. The van der Waals surface area contributed by atoms with Crippen LogP contribution in [-0.4, -0.2) is 40.9 Å². The van der Waals surface area contributed by atoms with E-state index in [1.165, 1.54) is 61.3 Å². The van der Waals surface area contributed by atoms with Crippen LogP contribution < -0.4 is 5.32 Å².